The van der Waals surface area contributed by atoms with Crippen LogP contribution in [0.25, 0.3) is 0 Å². The van der Waals surface area contributed by atoms with Gasteiger partial charge in [0, 0.05) is 24.8 Å². The van der Waals surface area contributed by atoms with E-state index in [1.165, 1.54) is 13.2 Å². The molecule has 1 aliphatic heterocycles. The predicted octanol–water partition coefficient (Wildman–Crippen LogP) is 1.65. The third-order valence-corrected chi connectivity index (χ3v) is 3.44. The van der Waals surface area contributed by atoms with E-state index >= 15 is 0 Å². The summed E-state index contributed by atoms with van der Waals surface area (Å²) in [7, 11) is 1.50. The Morgan fingerprint density at radius 1 is 1.42 bits per heavy atom. The zero-order valence-corrected chi connectivity index (χ0v) is 10.9. The summed E-state index contributed by atoms with van der Waals surface area (Å²) in [6, 6.07) is 4.78. The molecule has 0 bridgehead atoms. The van der Waals surface area contributed by atoms with Crippen molar-refractivity contribution in [1.29, 1.82) is 0 Å². The van der Waals surface area contributed by atoms with Crippen molar-refractivity contribution in [2.75, 3.05) is 20.3 Å². The summed E-state index contributed by atoms with van der Waals surface area (Å²) in [6.45, 7) is 1.28. The molecule has 1 heterocycles. The fourth-order valence-corrected chi connectivity index (χ4v) is 2.33. The van der Waals surface area contributed by atoms with E-state index in [4.69, 9.17) is 15.2 Å². The number of non-ortho nitro benzene ring substituents is 1. The molecular weight excluding hydrogens is 248 g/mol. The molecule has 1 aromatic carbocycles. The van der Waals surface area contributed by atoms with Crippen LogP contribution < -0.4 is 10.5 Å². The summed E-state index contributed by atoms with van der Waals surface area (Å²) in [5.74, 6) is 0.486. The molecule has 0 spiro atoms. The SMILES string of the molecule is COc1cc(CC2(N)CCOCC2)cc([N+](=O)[O-])c1. The molecule has 1 aliphatic rings. The van der Waals surface area contributed by atoms with Gasteiger partial charge in [-0.25, -0.2) is 0 Å². The largest absolute Gasteiger partial charge is 0.496 e. The predicted molar refractivity (Wildman–Crippen MR) is 70.3 cm³/mol. The zero-order valence-electron chi connectivity index (χ0n) is 10.9. The molecule has 0 atom stereocenters. The van der Waals surface area contributed by atoms with Crippen LogP contribution in [-0.4, -0.2) is 30.8 Å². The molecule has 2 N–H and O–H groups in total. The Morgan fingerprint density at radius 2 is 2.11 bits per heavy atom. The summed E-state index contributed by atoms with van der Waals surface area (Å²) in [4.78, 5) is 10.5. The maximum absolute atomic E-state index is 10.9. The minimum Gasteiger partial charge on any atom is -0.496 e. The monoisotopic (exact) mass is 266 g/mol. The maximum atomic E-state index is 10.9. The number of hydrogen-bond acceptors (Lipinski definition) is 5. The Hall–Kier alpha value is -1.66. The van der Waals surface area contributed by atoms with Crippen LogP contribution in [0, 0.1) is 10.1 Å². The number of nitro groups is 1. The lowest BCUT2D eigenvalue weighted by molar-refractivity contribution is -0.385. The van der Waals surface area contributed by atoms with Gasteiger partial charge in [0.05, 0.1) is 18.1 Å². The molecule has 6 heteroatoms. The van der Waals surface area contributed by atoms with E-state index in [-0.39, 0.29) is 11.2 Å². The number of nitro benzene ring substituents is 1. The molecule has 0 amide bonds. The van der Waals surface area contributed by atoms with E-state index in [1.807, 2.05) is 0 Å². The normalized spacial score (nSPS) is 18.0. The number of hydrogen-bond donors (Lipinski definition) is 1. The second kappa shape index (κ2) is 5.54. The molecule has 0 saturated carbocycles. The van der Waals surface area contributed by atoms with Gasteiger partial charge in [0.15, 0.2) is 0 Å². The number of benzene rings is 1. The summed E-state index contributed by atoms with van der Waals surface area (Å²) < 4.78 is 10.4. The highest BCUT2D eigenvalue weighted by Gasteiger charge is 2.29. The van der Waals surface area contributed by atoms with Gasteiger partial charge < -0.3 is 15.2 Å². The molecule has 1 saturated heterocycles. The molecular formula is C13H18N2O4. The lowest BCUT2D eigenvalue weighted by atomic mass is 9.84. The third kappa shape index (κ3) is 3.42. The van der Waals surface area contributed by atoms with Crippen molar-refractivity contribution in [2.45, 2.75) is 24.8 Å². The van der Waals surface area contributed by atoms with Crippen LogP contribution in [0.3, 0.4) is 0 Å². The second-order valence-corrected chi connectivity index (χ2v) is 4.95. The van der Waals surface area contributed by atoms with E-state index in [2.05, 4.69) is 0 Å². The molecule has 1 fully saturated rings. The lowest BCUT2D eigenvalue weighted by Gasteiger charge is -2.33. The molecule has 0 radical (unpaired) electrons. The summed E-state index contributed by atoms with van der Waals surface area (Å²) in [5.41, 5.74) is 6.83. The minimum absolute atomic E-state index is 0.0324. The molecule has 2 rings (SSSR count). The van der Waals surface area contributed by atoms with Gasteiger partial charge >= 0.3 is 0 Å². The standard InChI is InChI=1S/C13H18N2O4/c1-18-12-7-10(6-11(8-12)15(16)17)9-13(14)2-4-19-5-3-13/h6-8H,2-5,9,14H2,1H3. The average molecular weight is 266 g/mol. The minimum atomic E-state index is -0.417. The quantitative estimate of drug-likeness (QED) is 0.661. The fourth-order valence-electron chi connectivity index (χ4n) is 2.33. The number of ether oxygens (including phenoxy) is 2. The van der Waals surface area contributed by atoms with Gasteiger partial charge in [-0.05, 0) is 30.9 Å². The van der Waals surface area contributed by atoms with Crippen LogP contribution in [0.1, 0.15) is 18.4 Å². The van der Waals surface area contributed by atoms with Crippen molar-refractivity contribution in [2.24, 2.45) is 5.73 Å². The highest BCUT2D eigenvalue weighted by atomic mass is 16.6. The lowest BCUT2D eigenvalue weighted by Crippen LogP contribution is -2.46. The molecule has 104 valence electrons. The van der Waals surface area contributed by atoms with Gasteiger partial charge in [0.2, 0.25) is 0 Å². The van der Waals surface area contributed by atoms with E-state index in [0.29, 0.717) is 25.4 Å². The van der Waals surface area contributed by atoms with Gasteiger partial charge in [0.1, 0.15) is 5.75 Å². The average Bonchev–Trinajstić information content (AvgIpc) is 2.38. The first-order valence-electron chi connectivity index (χ1n) is 6.21. The van der Waals surface area contributed by atoms with Gasteiger partial charge in [-0.2, -0.15) is 0 Å². The molecule has 0 aromatic heterocycles. The van der Waals surface area contributed by atoms with Crippen LogP contribution in [0.15, 0.2) is 18.2 Å². The van der Waals surface area contributed by atoms with E-state index in [0.717, 1.165) is 18.4 Å². The number of rotatable bonds is 4. The van der Waals surface area contributed by atoms with Crippen LogP contribution in [0.5, 0.6) is 5.75 Å². The maximum Gasteiger partial charge on any atom is 0.273 e. The van der Waals surface area contributed by atoms with Crippen molar-refractivity contribution in [3.8, 4) is 5.75 Å². The Balaban J connectivity index is 2.23. The van der Waals surface area contributed by atoms with Gasteiger partial charge in [-0.15, -0.1) is 0 Å². The Bertz CT molecular complexity index is 470. The fraction of sp³-hybridized carbons (Fsp3) is 0.538. The van der Waals surface area contributed by atoms with Crippen molar-refractivity contribution in [3.63, 3.8) is 0 Å². The smallest absolute Gasteiger partial charge is 0.273 e. The number of nitrogens with two attached hydrogens (primary N) is 1. The number of methoxy groups -OCH3 is 1. The highest BCUT2D eigenvalue weighted by molar-refractivity contribution is 5.43. The van der Waals surface area contributed by atoms with Crippen molar-refractivity contribution in [1.82, 2.24) is 0 Å². The summed E-state index contributed by atoms with van der Waals surface area (Å²) >= 11 is 0. The Morgan fingerprint density at radius 3 is 2.68 bits per heavy atom. The zero-order chi connectivity index (χ0) is 13.9. The summed E-state index contributed by atoms with van der Waals surface area (Å²) in [6.07, 6.45) is 2.12. The van der Waals surface area contributed by atoms with Gasteiger partial charge in [0.25, 0.3) is 5.69 Å². The molecule has 0 aliphatic carbocycles. The first-order valence-corrected chi connectivity index (χ1v) is 6.21. The van der Waals surface area contributed by atoms with Crippen LogP contribution >= 0.6 is 0 Å². The topological polar surface area (TPSA) is 87.6 Å². The first kappa shape index (κ1) is 13.8. The van der Waals surface area contributed by atoms with E-state index in [1.54, 1.807) is 12.1 Å². The molecule has 19 heavy (non-hydrogen) atoms. The molecule has 1 aromatic rings. The van der Waals surface area contributed by atoms with Gasteiger partial charge in [-0.1, -0.05) is 0 Å². The molecule has 6 nitrogen and oxygen atoms in total. The van der Waals surface area contributed by atoms with Crippen molar-refractivity contribution >= 4 is 5.69 Å². The molecule has 0 unspecified atom stereocenters. The Kier molecular flexibility index (Phi) is 4.01. The number of nitrogens with zero attached hydrogens (tertiary/aromatic N) is 1. The van der Waals surface area contributed by atoms with E-state index in [9.17, 15) is 10.1 Å². The van der Waals surface area contributed by atoms with Gasteiger partial charge in [-0.3, -0.25) is 10.1 Å². The Labute approximate surface area is 111 Å². The first-order chi connectivity index (χ1) is 9.02. The highest BCUT2D eigenvalue weighted by Crippen LogP contribution is 2.28. The van der Waals surface area contributed by atoms with Crippen LogP contribution in [0.4, 0.5) is 5.69 Å². The van der Waals surface area contributed by atoms with Crippen LogP contribution in [0.2, 0.25) is 0 Å². The van der Waals surface area contributed by atoms with Crippen molar-refractivity contribution in [3.05, 3.63) is 33.9 Å². The van der Waals surface area contributed by atoms with E-state index < -0.39 is 4.92 Å². The van der Waals surface area contributed by atoms with Crippen molar-refractivity contribution < 1.29 is 14.4 Å². The second-order valence-electron chi connectivity index (χ2n) is 4.95. The third-order valence-electron chi connectivity index (χ3n) is 3.44. The summed E-state index contributed by atoms with van der Waals surface area (Å²) in [5, 5.41) is 10.9. The van der Waals surface area contributed by atoms with Crippen LogP contribution in [-0.2, 0) is 11.2 Å².